The van der Waals surface area contributed by atoms with Crippen molar-refractivity contribution in [3.63, 3.8) is 0 Å². The van der Waals surface area contributed by atoms with Crippen LogP contribution in [0, 0.1) is 0 Å². The molecule has 7 nitrogen and oxygen atoms in total. The van der Waals surface area contributed by atoms with Crippen molar-refractivity contribution in [1.29, 1.82) is 0 Å². The third kappa shape index (κ3) is 3.32. The minimum atomic E-state index is -3.88. The molecule has 0 aliphatic carbocycles. The second kappa shape index (κ2) is 6.08. The van der Waals surface area contributed by atoms with Crippen molar-refractivity contribution in [1.82, 2.24) is 15.0 Å². The number of thiazole rings is 1. The van der Waals surface area contributed by atoms with Crippen LogP contribution in [0.4, 0.5) is 5.69 Å². The Kier molecular flexibility index (Phi) is 4.28. The van der Waals surface area contributed by atoms with Crippen LogP contribution < -0.4 is 9.46 Å². The maximum absolute atomic E-state index is 12.4. The summed E-state index contributed by atoms with van der Waals surface area (Å²) in [6.45, 7) is 0. The molecule has 0 radical (unpaired) electrons. The number of aromatic nitrogens is 3. The molecule has 3 aromatic rings. The first-order valence-corrected chi connectivity index (χ1v) is 9.11. The fourth-order valence-electron chi connectivity index (χ4n) is 1.72. The monoisotopic (exact) mass is 390 g/mol. The number of nitrogens with zero attached hydrogens (tertiary/aromatic N) is 3. The van der Waals surface area contributed by atoms with E-state index in [1.165, 1.54) is 7.11 Å². The number of sulfonamides is 1. The summed E-state index contributed by atoms with van der Waals surface area (Å²) in [6.07, 6.45) is 0. The van der Waals surface area contributed by atoms with Gasteiger partial charge >= 0.3 is 0 Å². The predicted octanol–water partition coefficient (Wildman–Crippen LogP) is 3.20. The molecule has 120 valence electrons. The zero-order valence-corrected chi connectivity index (χ0v) is 14.6. The molecule has 1 N–H and O–H groups in total. The zero-order valence-electron chi connectivity index (χ0n) is 11.4. The van der Waals surface area contributed by atoms with Gasteiger partial charge < -0.3 is 4.74 Å². The quantitative estimate of drug-likeness (QED) is 0.542. The molecular weight excluding hydrogens is 383 g/mol. The van der Waals surface area contributed by atoms with Gasteiger partial charge in [-0.15, -0.1) is 0 Å². The predicted molar refractivity (Wildman–Crippen MR) is 89.0 cm³/mol. The number of ether oxygens (including phenoxy) is 1. The number of hydrogen-bond donors (Lipinski definition) is 1. The Morgan fingerprint density at radius 3 is 2.48 bits per heavy atom. The number of halogens is 2. The Labute approximate surface area is 145 Å². The lowest BCUT2D eigenvalue weighted by molar-refractivity contribution is 0.415. The smallest absolute Gasteiger partial charge is 0.289 e. The summed E-state index contributed by atoms with van der Waals surface area (Å²) in [5.41, 5.74) is 0.510. The molecular formula is C12H8Cl2N4O3S2. The van der Waals surface area contributed by atoms with Crippen LogP contribution >= 0.6 is 34.5 Å². The number of rotatable bonds is 4. The molecule has 2 aromatic heterocycles. The van der Waals surface area contributed by atoms with E-state index in [9.17, 15) is 8.42 Å². The molecule has 0 atom stereocenters. The highest BCUT2D eigenvalue weighted by atomic mass is 35.5. The molecule has 23 heavy (non-hydrogen) atoms. The van der Waals surface area contributed by atoms with Crippen LogP contribution in [0.3, 0.4) is 0 Å². The standard InChI is InChI=1S/C12H8Cl2N4O3S2/c1-21-7-4-2-6(3-5-7)18-23(19,20)12-17-10-8(22-12)9(13)15-11(14)16-10/h2-5,18H,1H3. The lowest BCUT2D eigenvalue weighted by atomic mass is 10.3. The van der Waals surface area contributed by atoms with Gasteiger partial charge in [-0.25, -0.2) is 9.97 Å². The summed E-state index contributed by atoms with van der Waals surface area (Å²) in [6, 6.07) is 6.43. The summed E-state index contributed by atoms with van der Waals surface area (Å²) in [4.78, 5) is 11.6. The van der Waals surface area contributed by atoms with Crippen LogP contribution in [0.2, 0.25) is 10.4 Å². The van der Waals surface area contributed by atoms with E-state index in [2.05, 4.69) is 19.7 Å². The first-order chi connectivity index (χ1) is 10.9. The first-order valence-electron chi connectivity index (χ1n) is 6.05. The molecule has 0 saturated heterocycles. The highest BCUT2D eigenvalue weighted by Crippen LogP contribution is 2.31. The number of hydrogen-bond acceptors (Lipinski definition) is 7. The number of methoxy groups -OCH3 is 1. The topological polar surface area (TPSA) is 94.1 Å². The summed E-state index contributed by atoms with van der Waals surface area (Å²) < 4.78 is 32.4. The van der Waals surface area contributed by atoms with Gasteiger partial charge in [0, 0.05) is 5.69 Å². The fourth-order valence-corrected chi connectivity index (χ4v) is 4.38. The average molecular weight is 391 g/mol. The third-order valence-electron chi connectivity index (χ3n) is 2.74. The van der Waals surface area contributed by atoms with Gasteiger partial charge in [-0.05, 0) is 35.9 Å². The molecule has 0 fully saturated rings. The number of anilines is 1. The zero-order chi connectivity index (χ0) is 16.6. The molecule has 3 rings (SSSR count). The Morgan fingerprint density at radius 1 is 1.13 bits per heavy atom. The lowest BCUT2D eigenvalue weighted by Crippen LogP contribution is -2.12. The number of nitrogens with one attached hydrogen (secondary N) is 1. The van der Waals surface area contributed by atoms with Crippen molar-refractivity contribution < 1.29 is 13.2 Å². The van der Waals surface area contributed by atoms with Gasteiger partial charge in [-0.3, -0.25) is 4.72 Å². The average Bonchev–Trinajstić information content (AvgIpc) is 2.93. The van der Waals surface area contributed by atoms with E-state index in [0.29, 0.717) is 16.1 Å². The molecule has 1 aromatic carbocycles. The fraction of sp³-hybridized carbons (Fsp3) is 0.0833. The second-order valence-corrected chi connectivity index (χ2v) is 7.80. The van der Waals surface area contributed by atoms with Crippen molar-refractivity contribution in [2.24, 2.45) is 0 Å². The van der Waals surface area contributed by atoms with Gasteiger partial charge in [0.2, 0.25) is 9.62 Å². The summed E-state index contributed by atoms with van der Waals surface area (Å²) in [5.74, 6) is 0.615. The Bertz CT molecular complexity index is 974. The maximum atomic E-state index is 12.4. The second-order valence-electron chi connectivity index (χ2n) is 4.25. The highest BCUT2D eigenvalue weighted by Gasteiger charge is 2.22. The van der Waals surface area contributed by atoms with Crippen LogP contribution in [-0.2, 0) is 10.0 Å². The molecule has 0 amide bonds. The number of benzene rings is 1. The summed E-state index contributed by atoms with van der Waals surface area (Å²) in [7, 11) is -2.35. The van der Waals surface area contributed by atoms with E-state index >= 15 is 0 Å². The number of fused-ring (bicyclic) bond motifs is 1. The normalized spacial score (nSPS) is 11.6. The highest BCUT2D eigenvalue weighted by molar-refractivity contribution is 7.94. The molecule has 0 spiro atoms. The third-order valence-corrected chi connectivity index (χ3v) is 6.10. The van der Waals surface area contributed by atoms with Crippen LogP contribution in [0.1, 0.15) is 0 Å². The van der Waals surface area contributed by atoms with Crippen molar-refractivity contribution >= 4 is 60.6 Å². The van der Waals surface area contributed by atoms with E-state index in [1.54, 1.807) is 24.3 Å². The van der Waals surface area contributed by atoms with Gasteiger partial charge in [0.25, 0.3) is 10.0 Å². The Balaban J connectivity index is 1.97. The van der Waals surface area contributed by atoms with Crippen molar-refractivity contribution in [2.45, 2.75) is 4.34 Å². The van der Waals surface area contributed by atoms with Gasteiger partial charge in [-0.1, -0.05) is 22.9 Å². The SMILES string of the molecule is COc1ccc(NS(=O)(=O)c2nc3nc(Cl)nc(Cl)c3s2)cc1. The molecule has 2 heterocycles. The van der Waals surface area contributed by atoms with Gasteiger partial charge in [-0.2, -0.15) is 13.4 Å². The minimum Gasteiger partial charge on any atom is -0.497 e. The lowest BCUT2D eigenvalue weighted by Gasteiger charge is -2.06. The van der Waals surface area contributed by atoms with Gasteiger partial charge in [0.15, 0.2) is 10.8 Å². The molecule has 0 unspecified atom stereocenters. The van der Waals surface area contributed by atoms with Crippen molar-refractivity contribution in [3.8, 4) is 5.75 Å². The molecule has 0 bridgehead atoms. The Morgan fingerprint density at radius 2 is 1.83 bits per heavy atom. The first kappa shape index (κ1) is 16.2. The van der Waals surface area contributed by atoms with E-state index < -0.39 is 10.0 Å². The van der Waals surface area contributed by atoms with Crippen LogP contribution in [0.5, 0.6) is 5.75 Å². The van der Waals surface area contributed by atoms with E-state index in [-0.39, 0.29) is 20.4 Å². The van der Waals surface area contributed by atoms with Crippen LogP contribution in [-0.4, -0.2) is 30.5 Å². The molecule has 0 aliphatic rings. The van der Waals surface area contributed by atoms with Crippen molar-refractivity contribution in [2.75, 3.05) is 11.8 Å². The van der Waals surface area contributed by atoms with Gasteiger partial charge in [0.1, 0.15) is 10.4 Å². The van der Waals surface area contributed by atoms with E-state index in [0.717, 1.165) is 11.3 Å². The molecule has 0 saturated carbocycles. The maximum Gasteiger partial charge on any atom is 0.289 e. The molecule has 0 aliphatic heterocycles. The van der Waals surface area contributed by atoms with E-state index in [4.69, 9.17) is 27.9 Å². The Hall–Kier alpha value is -1.68. The van der Waals surface area contributed by atoms with Crippen molar-refractivity contribution in [3.05, 3.63) is 34.7 Å². The summed E-state index contributed by atoms with van der Waals surface area (Å²) >= 11 is 12.5. The largest absolute Gasteiger partial charge is 0.497 e. The summed E-state index contributed by atoms with van der Waals surface area (Å²) in [5, 5.41) is -0.0386. The van der Waals surface area contributed by atoms with E-state index in [1.807, 2.05) is 0 Å². The van der Waals surface area contributed by atoms with Gasteiger partial charge in [0.05, 0.1) is 7.11 Å². The minimum absolute atomic E-state index is 0.0587. The molecule has 11 heteroatoms. The van der Waals surface area contributed by atoms with Crippen LogP contribution in [0.15, 0.2) is 28.6 Å². The van der Waals surface area contributed by atoms with Crippen LogP contribution in [0.25, 0.3) is 10.3 Å².